The van der Waals surface area contributed by atoms with Crippen LogP contribution < -0.4 is 21.4 Å². The van der Waals surface area contributed by atoms with Crippen LogP contribution in [0.4, 0.5) is 10.1 Å². The summed E-state index contributed by atoms with van der Waals surface area (Å²) >= 11 is 0. The molecule has 1 aliphatic heterocycles. The van der Waals surface area contributed by atoms with Crippen molar-refractivity contribution < 1.29 is 13.9 Å². The van der Waals surface area contributed by atoms with Crippen LogP contribution in [0.5, 0.6) is 0 Å². The van der Waals surface area contributed by atoms with Gasteiger partial charge in [0.15, 0.2) is 0 Å². The van der Waals surface area contributed by atoms with Crippen LogP contribution in [0.3, 0.4) is 0 Å². The van der Waals surface area contributed by atoms with Crippen molar-refractivity contribution in [1.82, 2.24) is 9.88 Å². The van der Waals surface area contributed by atoms with E-state index >= 15 is 4.39 Å². The molecule has 34 heavy (non-hydrogen) atoms. The van der Waals surface area contributed by atoms with Crippen LogP contribution in [0.2, 0.25) is 0 Å². The Bertz CT molecular complexity index is 1220. The number of rotatable bonds is 8. The highest BCUT2D eigenvalue weighted by molar-refractivity contribution is 5.97. The molecular weight excluding hydrogens is 435 g/mol. The highest BCUT2D eigenvalue weighted by Gasteiger charge is 2.21. The van der Waals surface area contributed by atoms with E-state index in [2.05, 4.69) is 12.2 Å². The van der Waals surface area contributed by atoms with Crippen LogP contribution in [0, 0.1) is 5.82 Å². The number of nitrogens with two attached hydrogens (primary N) is 1. The topological polar surface area (TPSA) is 89.6 Å². The number of aromatic nitrogens is 1. The van der Waals surface area contributed by atoms with E-state index in [9.17, 15) is 9.59 Å². The lowest BCUT2D eigenvalue weighted by molar-refractivity contribution is 0.0949. The molecule has 1 amide bonds. The summed E-state index contributed by atoms with van der Waals surface area (Å²) in [6.45, 7) is 5.69. The number of anilines is 1. The van der Waals surface area contributed by atoms with Gasteiger partial charge in [-0.3, -0.25) is 9.59 Å². The van der Waals surface area contributed by atoms with Gasteiger partial charge in [-0.2, -0.15) is 0 Å². The van der Waals surface area contributed by atoms with Gasteiger partial charge in [-0.1, -0.05) is 37.6 Å². The zero-order valence-electron chi connectivity index (χ0n) is 19.5. The monoisotopic (exact) mass is 466 g/mol. The van der Waals surface area contributed by atoms with E-state index in [4.69, 9.17) is 10.5 Å². The second-order valence-corrected chi connectivity index (χ2v) is 8.54. The molecule has 1 aliphatic rings. The van der Waals surface area contributed by atoms with E-state index in [0.717, 1.165) is 24.0 Å². The summed E-state index contributed by atoms with van der Waals surface area (Å²) in [4.78, 5) is 28.1. The summed E-state index contributed by atoms with van der Waals surface area (Å²) in [6, 6.07) is 10.6. The number of amides is 1. The molecule has 0 radical (unpaired) electrons. The zero-order valence-corrected chi connectivity index (χ0v) is 19.5. The number of aryl methyl sites for hydroxylation is 1. The fourth-order valence-electron chi connectivity index (χ4n) is 4.19. The predicted octanol–water partition coefficient (Wildman–Crippen LogP) is 3.17. The molecule has 3 aromatic rings. The summed E-state index contributed by atoms with van der Waals surface area (Å²) in [5.41, 5.74) is 8.17. The van der Waals surface area contributed by atoms with Crippen LogP contribution in [-0.2, 0) is 24.4 Å². The molecule has 2 heterocycles. The molecule has 0 saturated carbocycles. The maximum atomic E-state index is 15.1. The number of halogens is 1. The van der Waals surface area contributed by atoms with Crippen molar-refractivity contribution in [1.29, 1.82) is 0 Å². The normalized spacial score (nSPS) is 13.9. The Balaban J connectivity index is 1.68. The first-order valence-corrected chi connectivity index (χ1v) is 11.8. The minimum absolute atomic E-state index is 0.0145. The quantitative estimate of drug-likeness (QED) is 0.532. The number of carbonyl (C=O) groups is 1. The number of hydrogen-bond acceptors (Lipinski definition) is 5. The average Bonchev–Trinajstić information content (AvgIpc) is 2.87. The van der Waals surface area contributed by atoms with Crippen molar-refractivity contribution in [3.8, 4) is 0 Å². The van der Waals surface area contributed by atoms with Crippen molar-refractivity contribution in [3.63, 3.8) is 0 Å². The van der Waals surface area contributed by atoms with Gasteiger partial charge in [-0.25, -0.2) is 4.39 Å². The maximum Gasteiger partial charge on any atom is 0.257 e. The Hall–Kier alpha value is -3.23. The van der Waals surface area contributed by atoms with Crippen molar-refractivity contribution >= 4 is 22.5 Å². The standard InChI is InChI=1S/C26H31FN4O3/c1-2-3-8-31-17-21(26(33)29-16-19-6-4-18(15-28)5-7-19)25(32)20-13-22(27)24(14-23(20)31)30-9-11-34-12-10-30/h4-7,13-14,17H,2-3,8-12,15-16,28H2,1H3,(H,29,33). The third-order valence-electron chi connectivity index (χ3n) is 6.21. The van der Waals surface area contributed by atoms with Gasteiger partial charge in [-0.15, -0.1) is 0 Å². The number of nitrogens with zero attached hydrogens (tertiary/aromatic N) is 2. The Kier molecular flexibility index (Phi) is 7.59. The van der Waals surface area contributed by atoms with Crippen molar-refractivity contribution in [2.45, 2.75) is 39.4 Å². The molecule has 0 unspecified atom stereocenters. The number of ether oxygens (including phenoxy) is 1. The second kappa shape index (κ2) is 10.8. The Morgan fingerprint density at radius 1 is 1.15 bits per heavy atom. The van der Waals surface area contributed by atoms with Crippen molar-refractivity contribution in [2.24, 2.45) is 5.73 Å². The molecule has 1 aromatic heterocycles. The fraction of sp³-hybridized carbons (Fsp3) is 0.385. The lowest BCUT2D eigenvalue weighted by Gasteiger charge is -2.29. The van der Waals surface area contributed by atoms with Gasteiger partial charge >= 0.3 is 0 Å². The Labute approximate surface area is 198 Å². The highest BCUT2D eigenvalue weighted by Crippen LogP contribution is 2.26. The molecule has 0 aliphatic carbocycles. The molecule has 1 saturated heterocycles. The van der Waals surface area contributed by atoms with Crippen LogP contribution in [0.15, 0.2) is 47.4 Å². The maximum absolute atomic E-state index is 15.1. The smallest absolute Gasteiger partial charge is 0.257 e. The van der Waals surface area contributed by atoms with Gasteiger partial charge in [0.2, 0.25) is 5.43 Å². The number of morpholine rings is 1. The Morgan fingerprint density at radius 2 is 1.85 bits per heavy atom. The second-order valence-electron chi connectivity index (χ2n) is 8.54. The molecule has 0 atom stereocenters. The minimum Gasteiger partial charge on any atom is -0.378 e. The van der Waals surface area contributed by atoms with Crippen LogP contribution in [0.25, 0.3) is 10.9 Å². The van der Waals surface area contributed by atoms with E-state index < -0.39 is 17.2 Å². The number of carbonyl (C=O) groups excluding carboxylic acids is 1. The lowest BCUT2D eigenvalue weighted by atomic mass is 10.1. The summed E-state index contributed by atoms with van der Waals surface area (Å²) in [6.07, 6.45) is 3.43. The van der Waals surface area contributed by atoms with E-state index in [1.807, 2.05) is 33.7 Å². The third-order valence-corrected chi connectivity index (χ3v) is 6.21. The van der Waals surface area contributed by atoms with E-state index in [0.29, 0.717) is 50.6 Å². The van der Waals surface area contributed by atoms with Gasteiger partial charge in [0.1, 0.15) is 11.4 Å². The van der Waals surface area contributed by atoms with Gasteiger partial charge in [0.05, 0.1) is 24.4 Å². The summed E-state index contributed by atoms with van der Waals surface area (Å²) in [5.74, 6) is -0.941. The minimum atomic E-state index is -0.474. The zero-order chi connectivity index (χ0) is 24.1. The molecule has 3 N–H and O–H groups in total. The SMILES string of the molecule is CCCCn1cc(C(=O)NCc2ccc(CN)cc2)c(=O)c2cc(F)c(N3CCOCC3)cc21. The van der Waals surface area contributed by atoms with Crippen molar-refractivity contribution in [2.75, 3.05) is 31.2 Å². The first-order chi connectivity index (χ1) is 16.5. The molecule has 7 nitrogen and oxygen atoms in total. The number of hydrogen-bond donors (Lipinski definition) is 2. The third kappa shape index (κ3) is 5.13. The summed E-state index contributed by atoms with van der Waals surface area (Å²) in [7, 11) is 0. The van der Waals surface area contributed by atoms with E-state index in [-0.39, 0.29) is 17.5 Å². The molecule has 0 spiro atoms. The molecule has 2 aromatic carbocycles. The van der Waals surface area contributed by atoms with Gasteiger partial charge < -0.3 is 25.3 Å². The van der Waals surface area contributed by atoms with Crippen LogP contribution in [0.1, 0.15) is 41.3 Å². The molecule has 1 fully saturated rings. The van der Waals surface area contributed by atoms with Crippen LogP contribution >= 0.6 is 0 Å². The number of nitrogens with one attached hydrogen (secondary N) is 1. The largest absolute Gasteiger partial charge is 0.378 e. The van der Waals surface area contributed by atoms with Crippen LogP contribution in [-0.4, -0.2) is 36.8 Å². The van der Waals surface area contributed by atoms with Crippen molar-refractivity contribution in [3.05, 3.63) is 75.3 Å². The number of pyridine rings is 1. The molecular formula is C26H31FN4O3. The number of benzene rings is 2. The van der Waals surface area contributed by atoms with E-state index in [1.54, 1.807) is 12.3 Å². The lowest BCUT2D eigenvalue weighted by Crippen LogP contribution is -2.37. The van der Waals surface area contributed by atoms with Gasteiger partial charge in [-0.05, 0) is 29.7 Å². The molecule has 4 rings (SSSR count). The molecule has 8 heteroatoms. The summed E-state index contributed by atoms with van der Waals surface area (Å²) in [5, 5.41) is 3.03. The first kappa shape index (κ1) is 23.9. The summed E-state index contributed by atoms with van der Waals surface area (Å²) < 4.78 is 22.4. The molecule has 180 valence electrons. The first-order valence-electron chi connectivity index (χ1n) is 11.8. The predicted molar refractivity (Wildman–Crippen MR) is 132 cm³/mol. The van der Waals surface area contributed by atoms with E-state index in [1.165, 1.54) is 6.07 Å². The fourth-order valence-corrected chi connectivity index (χ4v) is 4.19. The number of unbranched alkanes of at least 4 members (excludes halogenated alkanes) is 1. The average molecular weight is 467 g/mol. The molecule has 0 bridgehead atoms. The van der Waals surface area contributed by atoms with Gasteiger partial charge in [0, 0.05) is 44.3 Å². The van der Waals surface area contributed by atoms with Gasteiger partial charge in [0.25, 0.3) is 5.91 Å². The Morgan fingerprint density at radius 3 is 2.53 bits per heavy atom. The highest BCUT2D eigenvalue weighted by atomic mass is 19.1. The number of fused-ring (bicyclic) bond motifs is 1.